The molecule has 0 saturated heterocycles. The Morgan fingerprint density at radius 1 is 1.33 bits per heavy atom. The van der Waals surface area contributed by atoms with E-state index in [1.165, 1.54) is 5.56 Å². The number of thioether (sulfide) groups is 1. The molecule has 0 saturated carbocycles. The number of hydrogen-bond donors (Lipinski definition) is 1. The summed E-state index contributed by atoms with van der Waals surface area (Å²) in [6.07, 6.45) is 0. The summed E-state index contributed by atoms with van der Waals surface area (Å²) in [5.74, 6) is 1.72. The van der Waals surface area contributed by atoms with Crippen molar-refractivity contribution in [3.63, 3.8) is 0 Å². The predicted molar refractivity (Wildman–Crippen MR) is 89.6 cm³/mol. The van der Waals surface area contributed by atoms with E-state index in [1.54, 1.807) is 23.6 Å². The number of aryl methyl sites for hydroxylation is 1. The molecular weight excluding hydrogens is 422 g/mol. The molecule has 9 heteroatoms. The second kappa shape index (κ2) is 8.11. The maximum atomic E-state index is 5.29. The number of methoxy groups -OCH3 is 1. The fourth-order valence-electron chi connectivity index (χ4n) is 1.70. The van der Waals surface area contributed by atoms with Crippen molar-refractivity contribution in [2.24, 2.45) is 7.05 Å². The van der Waals surface area contributed by atoms with E-state index >= 15 is 0 Å². The van der Waals surface area contributed by atoms with Crippen molar-refractivity contribution in [2.45, 2.75) is 11.7 Å². The topological polar surface area (TPSA) is 64.9 Å². The zero-order valence-electron chi connectivity index (χ0n) is 11.6. The van der Waals surface area contributed by atoms with Crippen LogP contribution >= 0.6 is 43.6 Å². The Kier molecular flexibility index (Phi) is 6.46. The highest BCUT2D eigenvalue weighted by atomic mass is 79.9. The van der Waals surface area contributed by atoms with Crippen LogP contribution in [0.3, 0.4) is 0 Å². The second-order valence-corrected chi connectivity index (χ2v) is 6.97. The molecule has 21 heavy (non-hydrogen) atoms. The number of nitrogens with one attached hydrogen (secondary N) is 1. The first kappa shape index (κ1) is 16.7. The van der Waals surface area contributed by atoms with E-state index in [1.807, 2.05) is 7.05 Å². The number of nitrogens with zero attached hydrogens (tertiary/aromatic N) is 4. The third-order valence-electron chi connectivity index (χ3n) is 2.68. The summed E-state index contributed by atoms with van der Waals surface area (Å²) in [6.45, 7) is 1.66. The van der Waals surface area contributed by atoms with Crippen molar-refractivity contribution in [1.29, 1.82) is 0 Å². The van der Waals surface area contributed by atoms with Crippen molar-refractivity contribution < 1.29 is 4.74 Å². The lowest BCUT2D eigenvalue weighted by molar-refractivity contribution is 0.409. The molecule has 2 aromatic rings. The Bertz CT molecular complexity index is 584. The summed E-state index contributed by atoms with van der Waals surface area (Å²) >= 11 is 8.63. The van der Waals surface area contributed by atoms with E-state index < -0.39 is 0 Å². The summed E-state index contributed by atoms with van der Waals surface area (Å²) < 4.78 is 8.84. The quantitative estimate of drug-likeness (QED) is 0.531. The summed E-state index contributed by atoms with van der Waals surface area (Å²) in [4.78, 5) is 0. The van der Waals surface area contributed by atoms with Gasteiger partial charge in [-0.3, -0.25) is 0 Å². The van der Waals surface area contributed by atoms with Gasteiger partial charge in [-0.15, -0.1) is 5.10 Å². The Hall–Kier alpha value is -0.640. The third-order valence-corrected chi connectivity index (χ3v) is 4.87. The number of tetrazole rings is 1. The molecule has 0 aliphatic carbocycles. The number of halogens is 2. The highest BCUT2D eigenvalue weighted by molar-refractivity contribution is 9.11. The van der Waals surface area contributed by atoms with E-state index in [0.717, 1.165) is 38.7 Å². The van der Waals surface area contributed by atoms with Crippen LogP contribution in [0.5, 0.6) is 5.75 Å². The largest absolute Gasteiger partial charge is 0.494 e. The van der Waals surface area contributed by atoms with E-state index in [0.29, 0.717) is 0 Å². The monoisotopic (exact) mass is 435 g/mol. The zero-order valence-corrected chi connectivity index (χ0v) is 15.6. The molecule has 0 amide bonds. The molecule has 0 bridgehead atoms. The summed E-state index contributed by atoms with van der Waals surface area (Å²) in [7, 11) is 3.49. The van der Waals surface area contributed by atoms with Gasteiger partial charge in [0.2, 0.25) is 5.16 Å². The first-order valence-corrected chi connectivity index (χ1v) is 8.76. The van der Waals surface area contributed by atoms with Gasteiger partial charge in [0.1, 0.15) is 5.75 Å². The highest BCUT2D eigenvalue weighted by Crippen LogP contribution is 2.34. The molecule has 0 atom stereocenters. The molecule has 0 aliphatic rings. The van der Waals surface area contributed by atoms with Crippen molar-refractivity contribution in [3.05, 3.63) is 26.6 Å². The fourth-order valence-corrected chi connectivity index (χ4v) is 4.05. The summed E-state index contributed by atoms with van der Waals surface area (Å²) in [5, 5.41) is 15.5. The number of benzene rings is 1. The third kappa shape index (κ3) is 4.67. The molecule has 0 aliphatic heterocycles. The smallest absolute Gasteiger partial charge is 0.209 e. The summed E-state index contributed by atoms with van der Waals surface area (Å²) in [5.41, 5.74) is 1.18. The van der Waals surface area contributed by atoms with Gasteiger partial charge in [0.05, 0.1) is 16.1 Å². The van der Waals surface area contributed by atoms with Gasteiger partial charge in [-0.25, -0.2) is 4.68 Å². The molecule has 0 spiro atoms. The minimum atomic E-state index is 0.790. The molecule has 1 heterocycles. The lowest BCUT2D eigenvalue weighted by atomic mass is 10.2. The maximum absolute atomic E-state index is 5.29. The number of hydrogen-bond acceptors (Lipinski definition) is 6. The van der Waals surface area contributed by atoms with Gasteiger partial charge in [-0.05, 0) is 60.0 Å². The average molecular weight is 437 g/mol. The van der Waals surface area contributed by atoms with Crippen LogP contribution in [0.2, 0.25) is 0 Å². The second-order valence-electron chi connectivity index (χ2n) is 4.20. The molecule has 1 N–H and O–H groups in total. The van der Waals surface area contributed by atoms with Crippen LogP contribution in [-0.2, 0) is 13.6 Å². The van der Waals surface area contributed by atoms with Crippen molar-refractivity contribution in [1.82, 2.24) is 25.5 Å². The Morgan fingerprint density at radius 3 is 2.62 bits per heavy atom. The average Bonchev–Trinajstić information content (AvgIpc) is 2.84. The number of ether oxygens (including phenoxy) is 1. The van der Waals surface area contributed by atoms with E-state index in [4.69, 9.17) is 4.74 Å². The number of aromatic nitrogens is 4. The van der Waals surface area contributed by atoms with Crippen LogP contribution in [0.4, 0.5) is 0 Å². The SMILES string of the molecule is COc1c(Br)cc(CNCCSc2nnnn2C)cc1Br. The molecule has 0 fully saturated rings. The molecule has 0 unspecified atom stereocenters. The summed E-state index contributed by atoms with van der Waals surface area (Å²) in [6, 6.07) is 4.10. The number of rotatable bonds is 7. The van der Waals surface area contributed by atoms with Gasteiger partial charge in [-0.2, -0.15) is 0 Å². The van der Waals surface area contributed by atoms with Crippen molar-refractivity contribution in [3.8, 4) is 5.75 Å². The molecule has 6 nitrogen and oxygen atoms in total. The Morgan fingerprint density at radius 2 is 2.05 bits per heavy atom. The lowest BCUT2D eigenvalue weighted by Gasteiger charge is -2.10. The standard InChI is InChI=1S/C12H15Br2N5OS/c1-19-12(16-17-18-19)21-4-3-15-7-8-5-9(13)11(20-2)10(14)6-8/h5-6,15H,3-4,7H2,1-2H3. The first-order valence-electron chi connectivity index (χ1n) is 6.19. The van der Waals surface area contributed by atoms with Crippen LogP contribution in [0.15, 0.2) is 26.2 Å². The van der Waals surface area contributed by atoms with Gasteiger partial charge in [-0.1, -0.05) is 11.8 Å². The minimum absolute atomic E-state index is 0.790. The van der Waals surface area contributed by atoms with Crippen molar-refractivity contribution >= 4 is 43.6 Å². The minimum Gasteiger partial charge on any atom is -0.494 e. The van der Waals surface area contributed by atoms with Gasteiger partial charge < -0.3 is 10.1 Å². The van der Waals surface area contributed by atoms with Gasteiger partial charge in [0, 0.05) is 25.9 Å². The normalized spacial score (nSPS) is 10.9. The molecule has 2 rings (SSSR count). The molecule has 0 radical (unpaired) electrons. The molecule has 1 aromatic heterocycles. The van der Waals surface area contributed by atoms with Crippen LogP contribution in [0.1, 0.15) is 5.56 Å². The van der Waals surface area contributed by atoms with Gasteiger partial charge in [0.15, 0.2) is 0 Å². The first-order chi connectivity index (χ1) is 10.1. The lowest BCUT2D eigenvalue weighted by Crippen LogP contribution is -2.16. The Balaban J connectivity index is 1.77. The molecule has 1 aromatic carbocycles. The van der Waals surface area contributed by atoms with E-state index in [9.17, 15) is 0 Å². The zero-order chi connectivity index (χ0) is 15.2. The highest BCUT2D eigenvalue weighted by Gasteiger charge is 2.07. The van der Waals surface area contributed by atoms with Crippen molar-refractivity contribution in [2.75, 3.05) is 19.4 Å². The predicted octanol–water partition coefficient (Wildman–Crippen LogP) is 2.63. The van der Waals surface area contributed by atoms with Gasteiger partial charge >= 0.3 is 0 Å². The van der Waals surface area contributed by atoms with E-state index in [-0.39, 0.29) is 0 Å². The Labute approximate surface area is 144 Å². The maximum Gasteiger partial charge on any atom is 0.209 e. The van der Waals surface area contributed by atoms with Crippen LogP contribution in [0, 0.1) is 0 Å². The van der Waals surface area contributed by atoms with Crippen LogP contribution < -0.4 is 10.1 Å². The molecule has 114 valence electrons. The van der Waals surface area contributed by atoms with Crippen LogP contribution in [-0.4, -0.2) is 39.6 Å². The van der Waals surface area contributed by atoms with E-state index in [2.05, 4.69) is 64.8 Å². The molecular formula is C12H15Br2N5OS. The van der Waals surface area contributed by atoms with Crippen LogP contribution in [0.25, 0.3) is 0 Å². The van der Waals surface area contributed by atoms with Gasteiger partial charge in [0.25, 0.3) is 0 Å². The fraction of sp³-hybridized carbons (Fsp3) is 0.417.